The van der Waals surface area contributed by atoms with Gasteiger partial charge in [-0.2, -0.15) is 0 Å². The molecule has 18 heavy (non-hydrogen) atoms. The van der Waals surface area contributed by atoms with Gasteiger partial charge >= 0.3 is 0 Å². The zero-order valence-corrected chi connectivity index (χ0v) is 11.4. The molecule has 2 aliphatic carbocycles. The molecule has 1 nitrogen and oxygen atoms in total. The Hall–Kier alpha value is -0.820. The van der Waals surface area contributed by atoms with E-state index in [2.05, 4.69) is 31.2 Å². The Morgan fingerprint density at radius 1 is 1.22 bits per heavy atom. The number of benzene rings is 1. The lowest BCUT2D eigenvalue weighted by molar-refractivity contribution is -0.00174. The van der Waals surface area contributed by atoms with Crippen molar-refractivity contribution in [1.82, 2.24) is 0 Å². The monoisotopic (exact) mass is 244 g/mol. The van der Waals surface area contributed by atoms with E-state index in [1.165, 1.54) is 49.7 Å². The Morgan fingerprint density at radius 3 is 2.67 bits per heavy atom. The zero-order valence-electron chi connectivity index (χ0n) is 11.4. The third-order valence-corrected chi connectivity index (χ3v) is 5.27. The average molecular weight is 244 g/mol. The van der Waals surface area contributed by atoms with Crippen molar-refractivity contribution in [2.75, 3.05) is 0 Å². The number of rotatable bonds is 3. The first-order chi connectivity index (χ1) is 8.69. The highest BCUT2D eigenvalue weighted by Crippen LogP contribution is 2.45. The fourth-order valence-corrected chi connectivity index (χ4v) is 3.82. The highest BCUT2D eigenvalue weighted by atomic mass is 16.3. The van der Waals surface area contributed by atoms with Crippen molar-refractivity contribution in [3.63, 3.8) is 0 Å². The minimum absolute atomic E-state index is 0.115. The van der Waals surface area contributed by atoms with Crippen molar-refractivity contribution in [3.8, 4) is 0 Å². The van der Waals surface area contributed by atoms with Crippen LogP contribution in [0.25, 0.3) is 0 Å². The van der Waals surface area contributed by atoms with Gasteiger partial charge in [-0.1, -0.05) is 50.5 Å². The molecule has 98 valence electrons. The first kappa shape index (κ1) is 12.2. The van der Waals surface area contributed by atoms with Gasteiger partial charge in [0.2, 0.25) is 0 Å². The lowest BCUT2D eigenvalue weighted by atomic mass is 9.66. The molecule has 0 radical (unpaired) electrons. The second-order valence-corrected chi connectivity index (χ2v) is 6.57. The number of aliphatic hydroxyl groups excluding tert-OH is 1. The quantitative estimate of drug-likeness (QED) is 0.850. The van der Waals surface area contributed by atoms with Crippen molar-refractivity contribution in [2.24, 2.45) is 5.41 Å². The maximum absolute atomic E-state index is 10.6. The van der Waals surface area contributed by atoms with Gasteiger partial charge in [0.25, 0.3) is 0 Å². The normalized spacial score (nSPS) is 27.1. The number of fused-ring (bicyclic) bond motifs is 1. The van der Waals surface area contributed by atoms with E-state index in [1.54, 1.807) is 0 Å². The summed E-state index contributed by atoms with van der Waals surface area (Å²) in [7, 11) is 0. The van der Waals surface area contributed by atoms with Crippen LogP contribution in [0.1, 0.15) is 62.5 Å². The molecule has 1 fully saturated rings. The van der Waals surface area contributed by atoms with Crippen LogP contribution >= 0.6 is 0 Å². The number of hydrogen-bond acceptors (Lipinski definition) is 1. The maximum Gasteiger partial charge on any atom is 0.0599 e. The molecule has 0 amide bonds. The van der Waals surface area contributed by atoms with Gasteiger partial charge < -0.3 is 5.11 Å². The molecule has 0 heterocycles. The van der Waals surface area contributed by atoms with Gasteiger partial charge in [-0.25, -0.2) is 0 Å². The topological polar surface area (TPSA) is 20.2 Å². The fraction of sp³-hybridized carbons (Fsp3) is 0.647. The third-order valence-electron chi connectivity index (χ3n) is 5.27. The second-order valence-electron chi connectivity index (χ2n) is 6.57. The molecule has 0 spiro atoms. The molecule has 0 aromatic heterocycles. The highest BCUT2D eigenvalue weighted by molar-refractivity contribution is 5.39. The van der Waals surface area contributed by atoms with Gasteiger partial charge in [0.15, 0.2) is 0 Å². The molecule has 1 N–H and O–H groups in total. The molecule has 3 rings (SSSR count). The predicted molar refractivity (Wildman–Crippen MR) is 74.7 cm³/mol. The third kappa shape index (κ3) is 2.09. The minimum Gasteiger partial charge on any atom is -0.393 e. The highest BCUT2D eigenvalue weighted by Gasteiger charge is 2.37. The lowest BCUT2D eigenvalue weighted by Gasteiger charge is -2.41. The molecular formula is C17H24O. The van der Waals surface area contributed by atoms with Crippen molar-refractivity contribution in [1.29, 1.82) is 0 Å². The summed E-state index contributed by atoms with van der Waals surface area (Å²) < 4.78 is 0. The first-order valence-corrected chi connectivity index (χ1v) is 7.45. The molecule has 0 bridgehead atoms. The minimum atomic E-state index is -0.115. The lowest BCUT2D eigenvalue weighted by Crippen LogP contribution is -2.37. The second kappa shape index (κ2) is 4.70. The standard InChI is InChI=1S/C17H24O/c1-17(9-5-2-6-10-17)16(18)12-14-11-13-7-3-4-8-15(13)14/h3-4,7-8,14,16,18H,2,5-6,9-12H2,1H3. The molecule has 2 atom stereocenters. The smallest absolute Gasteiger partial charge is 0.0599 e. The Balaban J connectivity index is 1.64. The van der Waals surface area contributed by atoms with Crippen LogP contribution in [0.15, 0.2) is 24.3 Å². The van der Waals surface area contributed by atoms with Gasteiger partial charge in [-0.15, -0.1) is 0 Å². The van der Waals surface area contributed by atoms with E-state index in [0.29, 0.717) is 5.92 Å². The van der Waals surface area contributed by atoms with Gasteiger partial charge in [0, 0.05) is 0 Å². The number of hydrogen-bond donors (Lipinski definition) is 1. The SMILES string of the molecule is CC1(C(O)CC2Cc3ccccc32)CCCCC1. The molecule has 1 saturated carbocycles. The molecule has 1 heteroatoms. The zero-order chi connectivity index (χ0) is 12.6. The van der Waals surface area contributed by atoms with E-state index >= 15 is 0 Å². The molecule has 1 aromatic rings. The van der Waals surface area contributed by atoms with Gasteiger partial charge in [0.1, 0.15) is 0 Å². The molecule has 1 aromatic carbocycles. The summed E-state index contributed by atoms with van der Waals surface area (Å²) in [5, 5.41) is 10.6. The Bertz CT molecular complexity index is 417. The van der Waals surface area contributed by atoms with Crippen LogP contribution in [0.2, 0.25) is 0 Å². The van der Waals surface area contributed by atoms with Crippen molar-refractivity contribution >= 4 is 0 Å². The summed E-state index contributed by atoms with van der Waals surface area (Å²) in [6.07, 6.45) is 8.40. The van der Waals surface area contributed by atoms with Crippen LogP contribution < -0.4 is 0 Å². The summed E-state index contributed by atoms with van der Waals surface area (Å²) in [4.78, 5) is 0. The van der Waals surface area contributed by atoms with Gasteiger partial charge in [-0.05, 0) is 48.1 Å². The van der Waals surface area contributed by atoms with Crippen LogP contribution in [0.4, 0.5) is 0 Å². The van der Waals surface area contributed by atoms with E-state index in [0.717, 1.165) is 6.42 Å². The van der Waals surface area contributed by atoms with E-state index in [1.807, 2.05) is 0 Å². The Kier molecular flexibility index (Phi) is 3.19. The molecule has 0 saturated heterocycles. The summed E-state index contributed by atoms with van der Waals surface area (Å²) in [5.74, 6) is 0.606. The first-order valence-electron chi connectivity index (χ1n) is 7.45. The van der Waals surface area contributed by atoms with Crippen molar-refractivity contribution < 1.29 is 5.11 Å². The van der Waals surface area contributed by atoms with E-state index in [-0.39, 0.29) is 11.5 Å². The molecular weight excluding hydrogens is 220 g/mol. The molecule has 0 aliphatic heterocycles. The fourth-order valence-electron chi connectivity index (χ4n) is 3.82. The van der Waals surface area contributed by atoms with Crippen molar-refractivity contribution in [3.05, 3.63) is 35.4 Å². The summed E-state index contributed by atoms with van der Waals surface area (Å²) >= 11 is 0. The predicted octanol–water partition coefficient (Wildman–Crippen LogP) is 4.05. The van der Waals surface area contributed by atoms with Crippen molar-refractivity contribution in [2.45, 2.75) is 63.9 Å². The van der Waals surface area contributed by atoms with E-state index < -0.39 is 0 Å². The van der Waals surface area contributed by atoms with Crippen LogP contribution in [-0.4, -0.2) is 11.2 Å². The van der Waals surface area contributed by atoms with Crippen LogP contribution in [0, 0.1) is 5.41 Å². The van der Waals surface area contributed by atoms with Crippen LogP contribution in [-0.2, 0) is 6.42 Å². The van der Waals surface area contributed by atoms with Gasteiger partial charge in [-0.3, -0.25) is 0 Å². The number of aliphatic hydroxyl groups is 1. The maximum atomic E-state index is 10.6. The van der Waals surface area contributed by atoms with Crippen LogP contribution in [0.3, 0.4) is 0 Å². The average Bonchev–Trinajstić information content (AvgIpc) is 2.36. The largest absolute Gasteiger partial charge is 0.393 e. The van der Waals surface area contributed by atoms with E-state index in [9.17, 15) is 5.11 Å². The summed E-state index contributed by atoms with van der Waals surface area (Å²) in [6.45, 7) is 2.29. The Morgan fingerprint density at radius 2 is 1.94 bits per heavy atom. The molecule has 2 aliphatic rings. The van der Waals surface area contributed by atoms with Crippen LogP contribution in [0.5, 0.6) is 0 Å². The summed E-state index contributed by atoms with van der Waals surface area (Å²) in [5.41, 5.74) is 3.16. The van der Waals surface area contributed by atoms with E-state index in [4.69, 9.17) is 0 Å². The Labute approximate surface area is 110 Å². The summed E-state index contributed by atoms with van der Waals surface area (Å²) in [6, 6.07) is 8.70. The van der Waals surface area contributed by atoms with Gasteiger partial charge in [0.05, 0.1) is 6.10 Å². The molecule has 2 unspecified atom stereocenters.